The van der Waals surface area contributed by atoms with E-state index in [1.165, 1.54) is 36.4 Å². The summed E-state index contributed by atoms with van der Waals surface area (Å²) in [5.74, 6) is -2.15. The number of alkyl halides is 2. The van der Waals surface area contributed by atoms with Gasteiger partial charge in [0, 0.05) is 5.69 Å². The summed E-state index contributed by atoms with van der Waals surface area (Å²) < 4.78 is 38.2. The molecule has 3 N–H and O–H groups in total. The van der Waals surface area contributed by atoms with Crippen molar-refractivity contribution in [1.82, 2.24) is 0 Å². The molecular formula is C18H16F2N2O6. The number of nitrogens with one attached hydrogen (secondary N) is 1. The summed E-state index contributed by atoms with van der Waals surface area (Å²) in [6.45, 7) is -4.07. The highest BCUT2D eigenvalue weighted by Crippen LogP contribution is 2.18. The molecule has 0 saturated heterocycles. The Morgan fingerprint density at radius 1 is 1.00 bits per heavy atom. The number of ether oxygens (including phenoxy) is 3. The van der Waals surface area contributed by atoms with E-state index in [1.807, 2.05) is 0 Å². The molecule has 2 aromatic carbocycles. The standard InChI is InChI=1S/C18H16F2N2O6/c19-18(20)28-12-7-5-11(6-8-12)22-15(23)9-27-16(24)10-26-14-4-2-1-3-13(14)17(21)25/h1-8,18H,9-10H2,(H2,21,25)(H,22,23). The molecule has 28 heavy (non-hydrogen) atoms. The van der Waals surface area contributed by atoms with E-state index in [9.17, 15) is 23.2 Å². The number of primary amides is 1. The van der Waals surface area contributed by atoms with Crippen molar-refractivity contribution in [1.29, 1.82) is 0 Å². The molecule has 10 heteroatoms. The number of rotatable bonds is 9. The SMILES string of the molecule is NC(=O)c1ccccc1OCC(=O)OCC(=O)Nc1ccc(OC(F)F)cc1. The third kappa shape index (κ3) is 6.56. The van der Waals surface area contributed by atoms with Crippen LogP contribution in [0.15, 0.2) is 48.5 Å². The van der Waals surface area contributed by atoms with Gasteiger partial charge in [0.15, 0.2) is 13.2 Å². The van der Waals surface area contributed by atoms with Gasteiger partial charge in [0.2, 0.25) is 0 Å². The average Bonchev–Trinajstić information content (AvgIpc) is 2.66. The molecular weight excluding hydrogens is 378 g/mol. The van der Waals surface area contributed by atoms with Crippen molar-refractivity contribution in [2.75, 3.05) is 18.5 Å². The van der Waals surface area contributed by atoms with Crippen molar-refractivity contribution in [3.8, 4) is 11.5 Å². The maximum absolute atomic E-state index is 12.1. The van der Waals surface area contributed by atoms with E-state index in [4.69, 9.17) is 15.2 Å². The molecule has 0 heterocycles. The molecule has 0 radical (unpaired) electrons. The Bertz CT molecular complexity index is 842. The van der Waals surface area contributed by atoms with E-state index in [1.54, 1.807) is 12.1 Å². The molecule has 0 saturated carbocycles. The quantitative estimate of drug-likeness (QED) is 0.628. The molecule has 0 aliphatic carbocycles. The van der Waals surface area contributed by atoms with Crippen molar-refractivity contribution in [2.24, 2.45) is 5.73 Å². The van der Waals surface area contributed by atoms with E-state index < -0.39 is 37.6 Å². The molecule has 0 bridgehead atoms. The summed E-state index contributed by atoms with van der Waals surface area (Å²) in [5.41, 5.74) is 5.60. The number of hydrogen-bond donors (Lipinski definition) is 2. The zero-order chi connectivity index (χ0) is 20.5. The van der Waals surface area contributed by atoms with E-state index in [-0.39, 0.29) is 17.1 Å². The van der Waals surface area contributed by atoms with Gasteiger partial charge < -0.3 is 25.3 Å². The van der Waals surface area contributed by atoms with Gasteiger partial charge in [-0.15, -0.1) is 0 Å². The highest BCUT2D eigenvalue weighted by atomic mass is 19.3. The molecule has 0 spiro atoms. The lowest BCUT2D eigenvalue weighted by atomic mass is 10.2. The van der Waals surface area contributed by atoms with Crippen LogP contribution in [0, 0.1) is 0 Å². The van der Waals surface area contributed by atoms with Crippen LogP contribution in [0.4, 0.5) is 14.5 Å². The molecule has 0 aliphatic heterocycles. The monoisotopic (exact) mass is 394 g/mol. The lowest BCUT2D eigenvalue weighted by Gasteiger charge is -2.10. The van der Waals surface area contributed by atoms with Crippen molar-refractivity contribution < 1.29 is 37.4 Å². The van der Waals surface area contributed by atoms with E-state index >= 15 is 0 Å². The van der Waals surface area contributed by atoms with E-state index in [0.29, 0.717) is 5.69 Å². The van der Waals surface area contributed by atoms with Gasteiger partial charge in [-0.2, -0.15) is 8.78 Å². The number of halogens is 2. The molecule has 0 unspecified atom stereocenters. The maximum Gasteiger partial charge on any atom is 0.387 e. The first-order valence-electron chi connectivity index (χ1n) is 7.87. The highest BCUT2D eigenvalue weighted by molar-refractivity contribution is 5.95. The molecule has 0 atom stereocenters. The fraction of sp³-hybridized carbons (Fsp3) is 0.167. The zero-order valence-corrected chi connectivity index (χ0v) is 14.4. The smallest absolute Gasteiger partial charge is 0.387 e. The van der Waals surface area contributed by atoms with Gasteiger partial charge in [-0.3, -0.25) is 9.59 Å². The molecule has 0 aliphatic rings. The van der Waals surface area contributed by atoms with Crippen LogP contribution in [-0.2, 0) is 14.3 Å². The van der Waals surface area contributed by atoms with Gasteiger partial charge in [0.1, 0.15) is 11.5 Å². The van der Waals surface area contributed by atoms with Gasteiger partial charge in [0.05, 0.1) is 5.56 Å². The molecule has 2 amide bonds. The molecule has 2 aromatic rings. The third-order valence-electron chi connectivity index (χ3n) is 3.23. The van der Waals surface area contributed by atoms with Gasteiger partial charge in [-0.05, 0) is 36.4 Å². The van der Waals surface area contributed by atoms with E-state index in [0.717, 1.165) is 0 Å². The van der Waals surface area contributed by atoms with Crippen molar-refractivity contribution in [3.63, 3.8) is 0 Å². The van der Waals surface area contributed by atoms with Gasteiger partial charge in [0.25, 0.3) is 11.8 Å². The van der Waals surface area contributed by atoms with Crippen LogP contribution < -0.4 is 20.5 Å². The summed E-state index contributed by atoms with van der Waals surface area (Å²) in [6, 6.07) is 11.3. The number of anilines is 1. The number of benzene rings is 2. The van der Waals surface area contributed by atoms with Crippen molar-refractivity contribution >= 4 is 23.5 Å². The van der Waals surface area contributed by atoms with Crippen LogP contribution in [0.5, 0.6) is 11.5 Å². The second-order valence-corrected chi connectivity index (χ2v) is 5.26. The first kappa shape index (κ1) is 20.6. The largest absolute Gasteiger partial charge is 0.481 e. The summed E-state index contributed by atoms with van der Waals surface area (Å²) in [7, 11) is 0. The van der Waals surface area contributed by atoms with Gasteiger partial charge >= 0.3 is 12.6 Å². The molecule has 0 fully saturated rings. The first-order valence-corrected chi connectivity index (χ1v) is 7.87. The minimum absolute atomic E-state index is 0.0622. The summed E-state index contributed by atoms with van der Waals surface area (Å²) >= 11 is 0. The van der Waals surface area contributed by atoms with Crippen LogP contribution in [0.25, 0.3) is 0 Å². The second-order valence-electron chi connectivity index (χ2n) is 5.26. The van der Waals surface area contributed by atoms with Crippen LogP contribution in [0.1, 0.15) is 10.4 Å². The number of carbonyl (C=O) groups is 3. The minimum Gasteiger partial charge on any atom is -0.481 e. The molecule has 8 nitrogen and oxygen atoms in total. The van der Waals surface area contributed by atoms with Gasteiger partial charge in [-0.25, -0.2) is 4.79 Å². The fourth-order valence-corrected chi connectivity index (χ4v) is 2.04. The summed E-state index contributed by atoms with van der Waals surface area (Å²) in [5, 5.41) is 2.41. The number of esters is 1. The third-order valence-corrected chi connectivity index (χ3v) is 3.23. The predicted molar refractivity (Wildman–Crippen MR) is 93.1 cm³/mol. The Morgan fingerprint density at radius 3 is 2.32 bits per heavy atom. The Hall–Kier alpha value is -3.69. The Kier molecular flexibility index (Phi) is 7.26. The average molecular weight is 394 g/mol. The summed E-state index contributed by atoms with van der Waals surface area (Å²) in [4.78, 5) is 34.7. The van der Waals surface area contributed by atoms with Crippen molar-refractivity contribution in [2.45, 2.75) is 6.61 Å². The van der Waals surface area contributed by atoms with Crippen LogP contribution >= 0.6 is 0 Å². The number of amides is 2. The Balaban J connectivity index is 1.76. The predicted octanol–water partition coefficient (Wildman–Crippen LogP) is 1.95. The van der Waals surface area contributed by atoms with Crippen LogP contribution in [0.3, 0.4) is 0 Å². The van der Waals surface area contributed by atoms with Gasteiger partial charge in [-0.1, -0.05) is 12.1 Å². The first-order chi connectivity index (χ1) is 13.3. The number of hydrogen-bond acceptors (Lipinski definition) is 6. The van der Waals surface area contributed by atoms with Crippen LogP contribution in [0.2, 0.25) is 0 Å². The molecule has 148 valence electrons. The highest BCUT2D eigenvalue weighted by Gasteiger charge is 2.12. The second kappa shape index (κ2) is 9.86. The Morgan fingerprint density at radius 2 is 1.68 bits per heavy atom. The number of carbonyl (C=O) groups excluding carboxylic acids is 3. The molecule has 2 rings (SSSR count). The Labute approximate surface area is 158 Å². The molecule has 0 aromatic heterocycles. The van der Waals surface area contributed by atoms with Crippen LogP contribution in [-0.4, -0.2) is 37.6 Å². The number of nitrogens with two attached hydrogens (primary N) is 1. The normalized spacial score (nSPS) is 10.2. The van der Waals surface area contributed by atoms with E-state index in [2.05, 4.69) is 10.1 Å². The zero-order valence-electron chi connectivity index (χ0n) is 14.4. The minimum atomic E-state index is -2.95. The number of para-hydroxylation sites is 1. The van der Waals surface area contributed by atoms with Crippen molar-refractivity contribution in [3.05, 3.63) is 54.1 Å². The summed E-state index contributed by atoms with van der Waals surface area (Å²) in [6.07, 6.45) is 0. The fourth-order valence-electron chi connectivity index (χ4n) is 2.04. The lowest BCUT2D eigenvalue weighted by molar-refractivity contribution is -0.149. The lowest BCUT2D eigenvalue weighted by Crippen LogP contribution is -2.24. The maximum atomic E-state index is 12.1. The topological polar surface area (TPSA) is 117 Å².